The summed E-state index contributed by atoms with van der Waals surface area (Å²) in [7, 11) is -4.86. The van der Waals surface area contributed by atoms with Gasteiger partial charge in [-0.1, -0.05) is 196 Å². The van der Waals surface area contributed by atoms with Crippen molar-refractivity contribution in [1.82, 2.24) is 9.80 Å². The Morgan fingerprint density at radius 2 is 0.949 bits per heavy atom. The standard InChI is InChI=1S/C39H46Cl2N2O6S.C36H42Cl2N2O5S.CH4.Li.H2O/c1-24(2)35(23-50(48,25(3)4)42-26(5)44)43-36(28-15-17-31(40)18-16-28)34(30-9-8-10-32(41)20-30)22-39(6,38(43)47)21-33(45)19-27-11-13-29(14-12-27)37(46)49-7;1-22(2)32(21-46(39,45)23(3)4)40-33(25-13-15-28(37)16-14-25)31(27-7-6-8-29(38)18-27)20-36(5,35(40)44)19-30(41)17-24-9-11-26(12-10-24)34(42)43;;;/h8-18,20,24-25,34-36H,19,21-23H2,1-7H3;6-16,18,22-23,31-33,39H,17,19-21H2,1-5H3,(H,42,43);1H4;;1H2/q;;;+1;/p-1/t34-,35-,36-,39+,50?;31-,32-,33-,36+,46?;;;/m11.../s1. The van der Waals surface area contributed by atoms with Crippen LogP contribution in [0.1, 0.15) is 187 Å². The second-order valence-corrected chi connectivity index (χ2v) is 34.6. The third kappa shape index (κ3) is 21.2. The van der Waals surface area contributed by atoms with Gasteiger partial charge >= 0.3 is 30.8 Å². The molecule has 0 bridgehead atoms. The number of ketones is 2. The Hall–Kier alpha value is -6.17. The van der Waals surface area contributed by atoms with Crippen LogP contribution in [0.5, 0.6) is 0 Å². The van der Waals surface area contributed by atoms with Gasteiger partial charge in [0.05, 0.1) is 62.4 Å². The first-order valence-corrected chi connectivity index (χ1v) is 37.2. The van der Waals surface area contributed by atoms with Gasteiger partial charge < -0.3 is 25.1 Å². The number of amides is 3. The zero-order chi connectivity index (χ0) is 70.9. The van der Waals surface area contributed by atoms with Crippen LogP contribution in [-0.2, 0) is 61.0 Å². The van der Waals surface area contributed by atoms with Crippen LogP contribution in [0.15, 0.2) is 150 Å². The fourth-order valence-electron chi connectivity index (χ4n) is 13.3. The summed E-state index contributed by atoms with van der Waals surface area (Å²) < 4.78 is 45.8. The predicted molar refractivity (Wildman–Crippen MR) is 392 cm³/mol. The summed E-state index contributed by atoms with van der Waals surface area (Å²) in [4.78, 5) is 96.8. The van der Waals surface area contributed by atoms with E-state index in [0.717, 1.165) is 22.3 Å². The predicted octanol–water partition coefficient (Wildman–Crippen LogP) is 14.4. The van der Waals surface area contributed by atoms with Crippen LogP contribution < -0.4 is 18.9 Å². The van der Waals surface area contributed by atoms with Gasteiger partial charge in [-0.3, -0.25) is 28.8 Å². The molecule has 0 aromatic heterocycles. The van der Waals surface area contributed by atoms with Gasteiger partial charge in [-0.25, -0.2) is 18.0 Å². The zero-order valence-corrected chi connectivity index (χ0v) is 62.6. The quantitative estimate of drug-likeness (QED) is 0.0424. The van der Waals surface area contributed by atoms with Crippen molar-refractivity contribution in [1.29, 1.82) is 4.78 Å². The topological polar surface area (TPSA) is 256 Å². The minimum absolute atomic E-state index is 0. The van der Waals surface area contributed by atoms with E-state index in [0.29, 0.717) is 49.6 Å². The van der Waals surface area contributed by atoms with E-state index in [1.54, 1.807) is 100 Å². The van der Waals surface area contributed by atoms with Gasteiger partial charge in [-0.2, -0.15) is 4.36 Å². The number of esters is 1. The van der Waals surface area contributed by atoms with Crippen LogP contribution in [0.2, 0.25) is 20.1 Å². The largest absolute Gasteiger partial charge is 1.00 e. The molecule has 0 radical (unpaired) electrons. The third-order valence-electron chi connectivity index (χ3n) is 18.6. The number of Topliss-reactive ketones (excluding diaryl/α,β-unsaturated/α-hetero) is 2. The van der Waals surface area contributed by atoms with Crippen LogP contribution in [0.4, 0.5) is 0 Å². The zero-order valence-electron chi connectivity index (χ0n) is 57.9. The molecule has 16 nitrogen and oxygen atoms in total. The molecule has 8 rings (SSSR count). The average Bonchev–Trinajstić information content (AvgIpc) is 0.741. The van der Waals surface area contributed by atoms with Crippen LogP contribution in [0.25, 0.3) is 0 Å². The maximum Gasteiger partial charge on any atom is 1.00 e. The number of hydrogen-bond donors (Lipinski definition) is 2. The molecule has 6 aromatic carbocycles. The number of carbonyl (C=O) groups excluding carboxylic acids is 6. The second-order valence-electron chi connectivity index (χ2n) is 27.3. The van der Waals surface area contributed by atoms with Gasteiger partial charge in [0, 0.05) is 96.8 Å². The Bertz CT molecular complexity index is 4070. The normalized spacial score (nSPS) is 20.9. The summed E-state index contributed by atoms with van der Waals surface area (Å²) in [6.45, 7) is 19.9. The summed E-state index contributed by atoms with van der Waals surface area (Å²) in [6.07, 6.45) is 0.716. The van der Waals surface area contributed by atoms with Crippen molar-refractivity contribution >= 4 is 107 Å². The molecule has 2 heterocycles. The van der Waals surface area contributed by atoms with Gasteiger partial charge in [0.25, 0.3) is 5.91 Å². The molecule has 2 saturated heterocycles. The fourth-order valence-corrected chi connectivity index (χ4v) is 17.6. The molecular weight excluding hydrogens is 1370 g/mol. The van der Waals surface area contributed by atoms with E-state index in [1.165, 1.54) is 26.2 Å². The van der Waals surface area contributed by atoms with Gasteiger partial charge in [-0.05, 0) is 131 Å². The number of carboxylic acid groups (broad SMARTS) is 1. The number of halogens is 4. The number of nitrogens with one attached hydrogen (secondary N) is 1. The molecule has 2 aliphatic heterocycles. The molecule has 2 aliphatic rings. The van der Waals surface area contributed by atoms with Gasteiger partial charge in [0.2, 0.25) is 11.8 Å². The van der Waals surface area contributed by atoms with Gasteiger partial charge in [0.1, 0.15) is 11.6 Å². The van der Waals surface area contributed by atoms with E-state index in [4.69, 9.17) is 55.9 Å². The number of rotatable bonds is 24. The number of hydrogen-bond acceptors (Lipinski definition) is 12. The Morgan fingerprint density at radius 3 is 1.27 bits per heavy atom. The molecular formula is C76H93Cl4LiN4O12S2. The van der Waals surface area contributed by atoms with E-state index in [-0.39, 0.29) is 122 Å². The Morgan fingerprint density at radius 1 is 0.576 bits per heavy atom. The van der Waals surface area contributed by atoms with Crippen molar-refractivity contribution in [3.63, 3.8) is 0 Å². The first kappa shape index (κ1) is 85.2. The Labute approximate surface area is 617 Å². The van der Waals surface area contributed by atoms with E-state index in [1.807, 2.05) is 112 Å². The van der Waals surface area contributed by atoms with Crippen molar-refractivity contribution in [3.8, 4) is 0 Å². The molecule has 0 spiro atoms. The number of piperidine rings is 2. The number of carbonyl (C=O) groups is 7. The summed E-state index contributed by atoms with van der Waals surface area (Å²) in [5.74, 6) is -3.75. The minimum atomic E-state index is -3.10. The molecule has 0 aliphatic carbocycles. The molecule has 23 heteroatoms. The maximum absolute atomic E-state index is 15.2. The van der Waals surface area contributed by atoms with Crippen LogP contribution >= 0.6 is 46.4 Å². The Balaban J connectivity index is 0.000000409. The van der Waals surface area contributed by atoms with E-state index < -0.39 is 82.8 Å². The molecule has 530 valence electrons. The molecule has 6 aromatic rings. The summed E-state index contributed by atoms with van der Waals surface area (Å²) in [6, 6.07) is 40.4. The number of nitrogens with zero attached hydrogens (tertiary/aromatic N) is 3. The van der Waals surface area contributed by atoms with Crippen LogP contribution in [0, 0.1) is 27.4 Å². The van der Waals surface area contributed by atoms with E-state index in [2.05, 4.69) is 4.36 Å². The summed E-state index contributed by atoms with van der Waals surface area (Å²) in [5, 5.41) is 10.6. The molecule has 0 saturated carbocycles. The number of carboxylic acids is 1. The second kappa shape index (κ2) is 36.1. The molecule has 3 amide bonds. The maximum atomic E-state index is 15.2. The molecule has 99 heavy (non-hydrogen) atoms. The van der Waals surface area contributed by atoms with Crippen molar-refractivity contribution in [3.05, 3.63) is 210 Å². The monoisotopic (exact) mass is 1460 g/mol. The molecule has 2 unspecified atom stereocenters. The average molecular weight is 1470 g/mol. The first-order chi connectivity index (χ1) is 45.0. The van der Waals surface area contributed by atoms with Gasteiger partial charge in [-0.15, -0.1) is 0 Å². The van der Waals surface area contributed by atoms with E-state index in [9.17, 15) is 42.3 Å². The number of likely N-dealkylation sites (tertiary alicyclic amines) is 2. The molecule has 10 atom stereocenters. The van der Waals surface area contributed by atoms with Crippen molar-refractivity contribution in [2.24, 2.45) is 27.0 Å². The first-order valence-electron chi connectivity index (χ1n) is 32.2. The molecule has 3 N–H and O–H groups in total. The fraction of sp³-hybridized carbons (Fsp3) is 0.434. The van der Waals surface area contributed by atoms with Crippen LogP contribution in [0.3, 0.4) is 0 Å². The van der Waals surface area contributed by atoms with Crippen molar-refractivity contribution in [2.45, 2.75) is 169 Å². The van der Waals surface area contributed by atoms with Gasteiger partial charge in [0.15, 0.2) is 0 Å². The third-order valence-corrected chi connectivity index (χ3v) is 24.8. The number of benzene rings is 6. The number of ether oxygens (including phenoxy) is 1. The summed E-state index contributed by atoms with van der Waals surface area (Å²) >= 11 is 25.7. The minimum Gasteiger partial charge on any atom is -0.870 e. The SMILES string of the molecule is C.CC(C)[C@@H](CS(=N)(=O)C(C)C)N1C(=O)[C@@](C)(CC(=O)Cc2ccc(C(=O)O)cc2)C[C@H](c2cccc(Cl)c2)[C@H]1c1ccc(Cl)cc1.COC(=O)c1ccc(CC(=O)C[C@@]2(C)C[C@H](c3cccc(Cl)c3)[C@@H](c3ccc(Cl)cc3)N([C@H](CS(=O)(=NC(C)=O)C(C)C)C(C)C)C2=O)cc1.[Li+].[OH-]. The number of methoxy groups -OCH3 is 1. The summed E-state index contributed by atoms with van der Waals surface area (Å²) in [5.41, 5.74) is 3.09. The van der Waals surface area contributed by atoms with Crippen molar-refractivity contribution < 1.29 is 76.2 Å². The Kier molecular flexibility index (Phi) is 31.1. The van der Waals surface area contributed by atoms with E-state index >= 15 is 4.79 Å². The number of aromatic carboxylic acids is 1. The van der Waals surface area contributed by atoms with Crippen molar-refractivity contribution in [2.75, 3.05) is 18.6 Å². The smallest absolute Gasteiger partial charge is 0.870 e. The molecule has 2 fully saturated rings. The van der Waals surface area contributed by atoms with Crippen LogP contribution in [-0.4, -0.2) is 111 Å².